The molecule has 0 radical (unpaired) electrons. The van der Waals surface area contributed by atoms with E-state index in [1.54, 1.807) is 4.90 Å². The number of hydrogen-bond donors (Lipinski definition) is 0. The van der Waals surface area contributed by atoms with Crippen LogP contribution in [0.25, 0.3) is 0 Å². The maximum Gasteiger partial charge on any atom is 0.410 e. The average Bonchev–Trinajstić information content (AvgIpc) is 2.59. The number of amides is 1. The van der Waals surface area contributed by atoms with Crippen LogP contribution in [0, 0.1) is 0 Å². The van der Waals surface area contributed by atoms with Gasteiger partial charge in [-0.05, 0) is 25.5 Å². The zero-order valence-electron chi connectivity index (χ0n) is 13.7. The fourth-order valence-electron chi connectivity index (χ4n) is 3.56. The lowest BCUT2D eigenvalue weighted by molar-refractivity contribution is -0.124. The molecular formula is C18H24N2O3. The molecule has 1 aromatic carbocycles. The minimum Gasteiger partial charge on any atom is -0.445 e. The predicted octanol–water partition coefficient (Wildman–Crippen LogP) is 2.45. The van der Waals surface area contributed by atoms with E-state index in [4.69, 9.17) is 4.74 Å². The van der Waals surface area contributed by atoms with E-state index in [1.807, 2.05) is 30.3 Å². The molecule has 1 spiro atoms. The van der Waals surface area contributed by atoms with E-state index in [1.165, 1.54) is 0 Å². The number of hydrogen-bond acceptors (Lipinski definition) is 4. The molecule has 5 heteroatoms. The summed E-state index contributed by atoms with van der Waals surface area (Å²) in [6.45, 7) is 2.47. The lowest BCUT2D eigenvalue weighted by Crippen LogP contribution is -2.63. The van der Waals surface area contributed by atoms with E-state index in [0.717, 1.165) is 24.9 Å². The second kappa shape index (κ2) is 6.71. The minimum atomic E-state index is -0.252. The molecule has 23 heavy (non-hydrogen) atoms. The van der Waals surface area contributed by atoms with Crippen molar-refractivity contribution >= 4 is 11.9 Å². The lowest BCUT2D eigenvalue weighted by Gasteiger charge is -2.50. The van der Waals surface area contributed by atoms with Crippen molar-refractivity contribution in [2.75, 3.05) is 26.7 Å². The Morgan fingerprint density at radius 2 is 1.87 bits per heavy atom. The summed E-state index contributed by atoms with van der Waals surface area (Å²) in [5, 5.41) is 0. The number of rotatable bonds is 2. The molecule has 2 fully saturated rings. The lowest BCUT2D eigenvalue weighted by atomic mass is 9.78. The van der Waals surface area contributed by atoms with Crippen molar-refractivity contribution in [3.05, 3.63) is 35.9 Å². The molecule has 1 heterocycles. The molecule has 0 N–H and O–H groups in total. The Bertz CT molecular complexity index is 563. The predicted molar refractivity (Wildman–Crippen MR) is 87.0 cm³/mol. The van der Waals surface area contributed by atoms with Gasteiger partial charge in [0.1, 0.15) is 12.4 Å². The molecule has 1 amide bonds. The van der Waals surface area contributed by atoms with Crippen molar-refractivity contribution < 1.29 is 14.3 Å². The van der Waals surface area contributed by atoms with Crippen molar-refractivity contribution in [1.82, 2.24) is 9.80 Å². The average molecular weight is 316 g/mol. The van der Waals surface area contributed by atoms with Gasteiger partial charge in [0.15, 0.2) is 0 Å². The zero-order chi connectivity index (χ0) is 16.3. The van der Waals surface area contributed by atoms with Crippen molar-refractivity contribution in [1.29, 1.82) is 0 Å². The summed E-state index contributed by atoms with van der Waals surface area (Å²) in [5.74, 6) is 0.341. The molecule has 1 aliphatic carbocycles. The van der Waals surface area contributed by atoms with Crippen molar-refractivity contribution in [3.8, 4) is 0 Å². The first-order valence-corrected chi connectivity index (χ1v) is 8.28. The molecule has 0 aromatic heterocycles. The maximum atomic E-state index is 12.4. The maximum absolute atomic E-state index is 12.4. The highest BCUT2D eigenvalue weighted by Gasteiger charge is 2.43. The summed E-state index contributed by atoms with van der Waals surface area (Å²) < 4.78 is 5.46. The third-order valence-corrected chi connectivity index (χ3v) is 5.20. The highest BCUT2D eigenvalue weighted by molar-refractivity contribution is 5.79. The van der Waals surface area contributed by atoms with Crippen LogP contribution in [0.5, 0.6) is 0 Å². The molecular weight excluding hydrogens is 292 g/mol. The fourth-order valence-corrected chi connectivity index (χ4v) is 3.56. The van der Waals surface area contributed by atoms with E-state index in [9.17, 15) is 9.59 Å². The number of ketones is 1. The molecule has 5 nitrogen and oxygen atoms in total. The van der Waals surface area contributed by atoms with Crippen molar-refractivity contribution in [2.24, 2.45) is 0 Å². The van der Waals surface area contributed by atoms with Gasteiger partial charge in [-0.25, -0.2) is 4.79 Å². The highest BCUT2D eigenvalue weighted by atomic mass is 16.6. The Kier molecular flexibility index (Phi) is 4.66. The topological polar surface area (TPSA) is 49.9 Å². The molecule has 1 aromatic rings. The Balaban J connectivity index is 1.59. The van der Waals surface area contributed by atoms with Crippen molar-refractivity contribution in [2.45, 2.75) is 37.8 Å². The van der Waals surface area contributed by atoms with Crippen LogP contribution in [0.1, 0.15) is 31.2 Å². The first-order valence-electron chi connectivity index (χ1n) is 8.28. The molecule has 1 saturated heterocycles. The molecule has 2 aliphatic rings. The van der Waals surface area contributed by atoms with Crippen LogP contribution in [0.3, 0.4) is 0 Å². The number of carbonyl (C=O) groups is 2. The van der Waals surface area contributed by atoms with E-state index in [-0.39, 0.29) is 11.6 Å². The molecule has 1 aliphatic heterocycles. The van der Waals surface area contributed by atoms with Crippen LogP contribution < -0.4 is 0 Å². The van der Waals surface area contributed by atoms with Crippen LogP contribution in [-0.2, 0) is 16.1 Å². The van der Waals surface area contributed by atoms with Crippen molar-refractivity contribution in [3.63, 3.8) is 0 Å². The van der Waals surface area contributed by atoms with Gasteiger partial charge in [0.25, 0.3) is 0 Å². The number of Topliss-reactive ketones (excluding diaryl/α,β-unsaturated/α-hetero) is 1. The van der Waals surface area contributed by atoms with Gasteiger partial charge in [0.05, 0.1) is 0 Å². The van der Waals surface area contributed by atoms with Gasteiger partial charge in [0.2, 0.25) is 0 Å². The highest BCUT2D eigenvalue weighted by Crippen LogP contribution is 2.34. The molecule has 0 unspecified atom stereocenters. The Morgan fingerprint density at radius 1 is 1.17 bits per heavy atom. The van der Waals surface area contributed by atoms with Crippen LogP contribution in [-0.4, -0.2) is 53.9 Å². The molecule has 1 saturated carbocycles. The normalized spacial score (nSPS) is 21.4. The van der Waals surface area contributed by atoms with Crippen LogP contribution >= 0.6 is 0 Å². The van der Waals surface area contributed by atoms with Gasteiger partial charge in [-0.15, -0.1) is 0 Å². The molecule has 124 valence electrons. The van der Waals surface area contributed by atoms with Gasteiger partial charge in [-0.2, -0.15) is 0 Å². The van der Waals surface area contributed by atoms with Crippen LogP contribution in [0.4, 0.5) is 4.79 Å². The zero-order valence-corrected chi connectivity index (χ0v) is 13.7. The van der Waals surface area contributed by atoms with Gasteiger partial charge < -0.3 is 9.64 Å². The Morgan fingerprint density at radius 3 is 2.57 bits per heavy atom. The van der Waals surface area contributed by atoms with Gasteiger partial charge in [-0.3, -0.25) is 9.69 Å². The molecule has 0 bridgehead atoms. The number of benzene rings is 1. The number of likely N-dealkylation sites (N-methyl/N-ethyl adjacent to an activating group) is 1. The van der Waals surface area contributed by atoms with Crippen LogP contribution in [0.15, 0.2) is 30.3 Å². The van der Waals surface area contributed by atoms with Crippen LogP contribution in [0.2, 0.25) is 0 Å². The van der Waals surface area contributed by atoms with E-state index in [2.05, 4.69) is 11.9 Å². The minimum absolute atomic E-state index is 0.0576. The van der Waals surface area contributed by atoms with Gasteiger partial charge >= 0.3 is 6.09 Å². The number of ether oxygens (including phenoxy) is 1. The summed E-state index contributed by atoms with van der Waals surface area (Å²) in [6.07, 6.45) is 2.67. The quantitative estimate of drug-likeness (QED) is 0.841. The monoisotopic (exact) mass is 316 g/mol. The second-order valence-corrected chi connectivity index (χ2v) is 6.65. The summed E-state index contributed by atoms with van der Waals surface area (Å²) in [7, 11) is 2.10. The largest absolute Gasteiger partial charge is 0.445 e. The third kappa shape index (κ3) is 3.55. The second-order valence-electron chi connectivity index (χ2n) is 6.65. The standard InChI is InChI=1S/C18H24N2O3/c1-19-11-12-20(14-18(19)9-7-16(21)8-10-18)17(22)23-13-15-5-3-2-4-6-15/h2-6H,7-14H2,1H3. The number of nitrogens with zero attached hydrogens (tertiary/aromatic N) is 2. The number of piperazine rings is 1. The fraction of sp³-hybridized carbons (Fsp3) is 0.556. The van der Waals surface area contributed by atoms with E-state index in [0.29, 0.717) is 38.3 Å². The summed E-state index contributed by atoms with van der Waals surface area (Å²) in [4.78, 5) is 28.1. The Hall–Kier alpha value is -1.88. The van der Waals surface area contributed by atoms with E-state index < -0.39 is 0 Å². The third-order valence-electron chi connectivity index (χ3n) is 5.20. The summed E-state index contributed by atoms with van der Waals surface area (Å²) in [5.41, 5.74) is 0.936. The summed E-state index contributed by atoms with van der Waals surface area (Å²) >= 11 is 0. The first-order chi connectivity index (χ1) is 11.1. The smallest absolute Gasteiger partial charge is 0.410 e. The molecule has 0 atom stereocenters. The van der Waals surface area contributed by atoms with E-state index >= 15 is 0 Å². The van der Waals surface area contributed by atoms with Gasteiger partial charge in [-0.1, -0.05) is 30.3 Å². The molecule has 3 rings (SSSR count). The first kappa shape index (κ1) is 16.0. The van der Waals surface area contributed by atoms with Gasteiger partial charge in [0, 0.05) is 38.0 Å². The SMILES string of the molecule is CN1CCN(C(=O)OCc2ccccc2)CC12CCC(=O)CC2. The number of carbonyl (C=O) groups excluding carboxylic acids is 2. The Labute approximate surface area is 137 Å². The summed E-state index contributed by atoms with van der Waals surface area (Å²) in [6, 6.07) is 9.72.